The fraction of sp³-hybridized carbons (Fsp3) is 0.571. The van der Waals surface area contributed by atoms with Crippen LogP contribution in [0.1, 0.15) is 48.9 Å². The van der Waals surface area contributed by atoms with Crippen molar-refractivity contribution >= 4 is 5.91 Å². The third-order valence-electron chi connectivity index (χ3n) is 3.66. The Morgan fingerprint density at radius 2 is 2.14 bits per heavy atom. The smallest absolute Gasteiger partial charge is 0.269 e. The fourth-order valence-electron chi connectivity index (χ4n) is 2.53. The molecule has 1 aliphatic heterocycles. The van der Waals surface area contributed by atoms with Crippen LogP contribution in [0.2, 0.25) is 0 Å². The lowest BCUT2D eigenvalue weighted by molar-refractivity contribution is 0.0938. The summed E-state index contributed by atoms with van der Waals surface area (Å²) in [5, 5.41) is 10.6. The molecular weight excluding hydrogens is 282 g/mol. The van der Waals surface area contributed by atoms with Gasteiger partial charge in [0.2, 0.25) is 5.95 Å². The summed E-state index contributed by atoms with van der Waals surface area (Å²) in [6.07, 6.45) is 5.24. The summed E-state index contributed by atoms with van der Waals surface area (Å²) in [6.45, 7) is 5.83. The number of nitrogens with zero attached hydrogens (tertiary/aromatic N) is 4. The van der Waals surface area contributed by atoms with Crippen molar-refractivity contribution in [3.05, 3.63) is 24.0 Å². The molecule has 1 saturated heterocycles. The van der Waals surface area contributed by atoms with E-state index in [4.69, 9.17) is 0 Å². The van der Waals surface area contributed by atoms with Gasteiger partial charge < -0.3 is 15.6 Å². The number of carbonyl (C=O) groups is 1. The molecule has 3 N–H and O–H groups in total. The highest BCUT2D eigenvalue weighted by molar-refractivity contribution is 5.92. The van der Waals surface area contributed by atoms with Crippen LogP contribution in [0.5, 0.6) is 0 Å². The summed E-state index contributed by atoms with van der Waals surface area (Å²) in [5.74, 6) is 1.56. The van der Waals surface area contributed by atoms with Gasteiger partial charge in [-0.2, -0.15) is 4.68 Å². The molecule has 1 amide bonds. The van der Waals surface area contributed by atoms with E-state index < -0.39 is 0 Å². The van der Waals surface area contributed by atoms with Crippen LogP contribution in [0.4, 0.5) is 0 Å². The Morgan fingerprint density at radius 1 is 1.36 bits per heavy atom. The van der Waals surface area contributed by atoms with E-state index in [0.29, 0.717) is 17.6 Å². The Kier molecular flexibility index (Phi) is 4.19. The van der Waals surface area contributed by atoms with Crippen LogP contribution in [-0.4, -0.2) is 49.8 Å². The lowest BCUT2D eigenvalue weighted by Gasteiger charge is -2.19. The first-order valence-corrected chi connectivity index (χ1v) is 7.62. The maximum atomic E-state index is 11.9. The first-order chi connectivity index (χ1) is 10.6. The Balaban J connectivity index is 1.73. The normalized spacial score (nSPS) is 16.1. The molecule has 8 nitrogen and oxygen atoms in total. The number of piperidine rings is 1. The van der Waals surface area contributed by atoms with Gasteiger partial charge in [0, 0.05) is 12.0 Å². The van der Waals surface area contributed by atoms with Gasteiger partial charge in [-0.1, -0.05) is 0 Å². The monoisotopic (exact) mass is 303 g/mol. The van der Waals surface area contributed by atoms with Crippen LogP contribution < -0.4 is 10.6 Å². The quantitative estimate of drug-likeness (QED) is 0.768. The van der Waals surface area contributed by atoms with Gasteiger partial charge in [-0.15, -0.1) is 5.10 Å². The van der Waals surface area contributed by atoms with E-state index in [2.05, 4.69) is 30.7 Å². The zero-order chi connectivity index (χ0) is 15.5. The molecule has 118 valence electrons. The van der Waals surface area contributed by atoms with Crippen molar-refractivity contribution < 1.29 is 4.79 Å². The second kappa shape index (κ2) is 6.27. The van der Waals surface area contributed by atoms with Crippen LogP contribution >= 0.6 is 0 Å². The average Bonchev–Trinajstić information content (AvgIpc) is 3.17. The molecule has 0 saturated carbocycles. The van der Waals surface area contributed by atoms with Crippen molar-refractivity contribution in [2.45, 2.75) is 38.6 Å². The van der Waals surface area contributed by atoms with E-state index in [-0.39, 0.29) is 11.9 Å². The van der Waals surface area contributed by atoms with Gasteiger partial charge in [0.1, 0.15) is 12.0 Å². The van der Waals surface area contributed by atoms with Gasteiger partial charge >= 0.3 is 0 Å². The molecule has 0 radical (unpaired) electrons. The Hall–Kier alpha value is -2.22. The Morgan fingerprint density at radius 3 is 2.86 bits per heavy atom. The summed E-state index contributed by atoms with van der Waals surface area (Å²) >= 11 is 0. The molecule has 3 heterocycles. The van der Waals surface area contributed by atoms with Crippen molar-refractivity contribution in [1.29, 1.82) is 0 Å². The van der Waals surface area contributed by atoms with Crippen LogP contribution in [0, 0.1) is 0 Å². The number of rotatable bonds is 4. The number of aromatic nitrogens is 5. The molecule has 0 aliphatic carbocycles. The molecule has 22 heavy (non-hydrogen) atoms. The molecule has 0 unspecified atom stereocenters. The van der Waals surface area contributed by atoms with Gasteiger partial charge in [-0.05, 0) is 39.8 Å². The molecule has 2 aromatic rings. The van der Waals surface area contributed by atoms with E-state index in [1.807, 2.05) is 13.8 Å². The highest BCUT2D eigenvalue weighted by Crippen LogP contribution is 2.21. The minimum Gasteiger partial charge on any atom is -0.349 e. The number of carbonyl (C=O) groups excluding carboxylic acids is 1. The predicted molar refractivity (Wildman–Crippen MR) is 81.0 cm³/mol. The summed E-state index contributed by atoms with van der Waals surface area (Å²) in [7, 11) is 0. The van der Waals surface area contributed by atoms with Crippen LogP contribution in [0.3, 0.4) is 0 Å². The summed E-state index contributed by atoms with van der Waals surface area (Å²) < 4.78 is 1.59. The van der Waals surface area contributed by atoms with Gasteiger partial charge in [0.05, 0.1) is 6.20 Å². The van der Waals surface area contributed by atoms with Crippen molar-refractivity contribution in [3.63, 3.8) is 0 Å². The van der Waals surface area contributed by atoms with E-state index in [0.717, 1.165) is 31.8 Å². The SMILES string of the molecule is CC(C)NC(=O)c1cnc(-n2cnc(C3CCNCC3)n2)[nH]1. The molecule has 1 aliphatic rings. The first kappa shape index (κ1) is 14.7. The summed E-state index contributed by atoms with van der Waals surface area (Å²) in [5.41, 5.74) is 0.419. The number of H-pyrrole nitrogens is 1. The highest BCUT2D eigenvalue weighted by Gasteiger charge is 2.20. The number of hydrogen-bond acceptors (Lipinski definition) is 5. The number of aromatic amines is 1. The average molecular weight is 303 g/mol. The lowest BCUT2D eigenvalue weighted by Crippen LogP contribution is -2.30. The second-order valence-electron chi connectivity index (χ2n) is 5.82. The molecule has 0 aromatic carbocycles. The van der Waals surface area contributed by atoms with Crippen molar-refractivity contribution in [3.8, 4) is 5.95 Å². The first-order valence-electron chi connectivity index (χ1n) is 7.62. The molecule has 2 aromatic heterocycles. The third-order valence-corrected chi connectivity index (χ3v) is 3.66. The van der Waals surface area contributed by atoms with Gasteiger partial charge in [0.15, 0.2) is 5.82 Å². The number of amides is 1. The maximum absolute atomic E-state index is 11.9. The minimum atomic E-state index is -0.174. The molecule has 0 atom stereocenters. The zero-order valence-corrected chi connectivity index (χ0v) is 12.8. The maximum Gasteiger partial charge on any atom is 0.269 e. The number of imidazole rings is 1. The highest BCUT2D eigenvalue weighted by atomic mass is 16.2. The minimum absolute atomic E-state index is 0.0807. The van der Waals surface area contributed by atoms with Crippen molar-refractivity contribution in [2.24, 2.45) is 0 Å². The van der Waals surface area contributed by atoms with E-state index in [1.54, 1.807) is 11.0 Å². The van der Waals surface area contributed by atoms with Crippen LogP contribution in [-0.2, 0) is 0 Å². The number of hydrogen-bond donors (Lipinski definition) is 3. The van der Waals surface area contributed by atoms with E-state index in [9.17, 15) is 4.79 Å². The standard InChI is InChI=1S/C14H21N7O/c1-9(2)18-13(22)11-7-16-14(19-11)21-8-17-12(20-21)10-3-5-15-6-4-10/h7-10,15H,3-6H2,1-2H3,(H,16,19)(H,18,22). The largest absolute Gasteiger partial charge is 0.349 e. The fourth-order valence-corrected chi connectivity index (χ4v) is 2.53. The zero-order valence-electron chi connectivity index (χ0n) is 12.8. The molecule has 0 bridgehead atoms. The molecule has 0 spiro atoms. The Bertz CT molecular complexity index is 639. The Labute approximate surface area is 128 Å². The topological polar surface area (TPSA) is 101 Å². The summed E-state index contributed by atoms with van der Waals surface area (Å²) in [6, 6.07) is 0.0807. The van der Waals surface area contributed by atoms with Gasteiger partial charge in [-0.25, -0.2) is 9.97 Å². The number of nitrogens with one attached hydrogen (secondary N) is 3. The molecule has 3 rings (SSSR count). The molecule has 1 fully saturated rings. The van der Waals surface area contributed by atoms with Crippen LogP contribution in [0.15, 0.2) is 12.5 Å². The van der Waals surface area contributed by atoms with E-state index >= 15 is 0 Å². The molecule has 8 heteroatoms. The van der Waals surface area contributed by atoms with Gasteiger partial charge in [-0.3, -0.25) is 4.79 Å². The van der Waals surface area contributed by atoms with Crippen molar-refractivity contribution in [2.75, 3.05) is 13.1 Å². The predicted octanol–water partition coefficient (Wildman–Crippen LogP) is 0.596. The third kappa shape index (κ3) is 3.16. The second-order valence-corrected chi connectivity index (χ2v) is 5.82. The van der Waals surface area contributed by atoms with Crippen molar-refractivity contribution in [1.82, 2.24) is 35.4 Å². The summed E-state index contributed by atoms with van der Waals surface area (Å²) in [4.78, 5) is 23.5. The van der Waals surface area contributed by atoms with Gasteiger partial charge in [0.25, 0.3) is 5.91 Å². The molecular formula is C14H21N7O. The lowest BCUT2D eigenvalue weighted by atomic mass is 9.98. The van der Waals surface area contributed by atoms with Crippen LogP contribution in [0.25, 0.3) is 5.95 Å². The van der Waals surface area contributed by atoms with E-state index in [1.165, 1.54) is 6.20 Å².